The van der Waals surface area contributed by atoms with Gasteiger partial charge in [-0.25, -0.2) is 0 Å². The zero-order valence-electron chi connectivity index (χ0n) is 11.9. The van der Waals surface area contributed by atoms with E-state index >= 15 is 0 Å². The number of aryl methyl sites for hydroxylation is 1. The summed E-state index contributed by atoms with van der Waals surface area (Å²) in [5.74, 6) is 0. The SMILES string of the molecule is [N-]=[N+]=N[C@@H]1CCCc2cc(CNC3CCCC3)ccc21. The summed E-state index contributed by atoms with van der Waals surface area (Å²) in [6, 6.07) is 7.41. The van der Waals surface area contributed by atoms with Crippen molar-refractivity contribution in [1.29, 1.82) is 0 Å². The first-order chi connectivity index (χ1) is 9.86. The van der Waals surface area contributed by atoms with E-state index in [0.717, 1.165) is 25.8 Å². The van der Waals surface area contributed by atoms with E-state index in [0.29, 0.717) is 6.04 Å². The maximum absolute atomic E-state index is 8.65. The van der Waals surface area contributed by atoms with Gasteiger partial charge in [0.05, 0.1) is 6.04 Å². The largest absolute Gasteiger partial charge is 0.310 e. The molecule has 1 fully saturated rings. The Kier molecular flexibility index (Phi) is 4.24. The van der Waals surface area contributed by atoms with Crippen molar-refractivity contribution in [2.75, 3.05) is 0 Å². The molecule has 4 nitrogen and oxygen atoms in total. The van der Waals surface area contributed by atoms with E-state index in [4.69, 9.17) is 5.53 Å². The maximum Gasteiger partial charge on any atom is 0.0628 e. The molecule has 1 N–H and O–H groups in total. The highest BCUT2D eigenvalue weighted by molar-refractivity contribution is 5.36. The lowest BCUT2D eigenvalue weighted by Crippen LogP contribution is -2.25. The number of nitrogens with one attached hydrogen (secondary N) is 1. The number of hydrogen-bond acceptors (Lipinski definition) is 2. The van der Waals surface area contributed by atoms with Gasteiger partial charge in [-0.3, -0.25) is 0 Å². The van der Waals surface area contributed by atoms with Crippen LogP contribution in [0.2, 0.25) is 0 Å². The number of hydrogen-bond donors (Lipinski definition) is 1. The number of rotatable bonds is 4. The van der Waals surface area contributed by atoms with Crippen LogP contribution in [-0.2, 0) is 13.0 Å². The van der Waals surface area contributed by atoms with Crippen LogP contribution in [0.15, 0.2) is 23.3 Å². The Hall–Kier alpha value is -1.51. The number of nitrogens with zero attached hydrogens (tertiary/aromatic N) is 3. The highest BCUT2D eigenvalue weighted by Crippen LogP contribution is 2.33. The van der Waals surface area contributed by atoms with E-state index < -0.39 is 0 Å². The van der Waals surface area contributed by atoms with Crippen LogP contribution in [0.3, 0.4) is 0 Å². The lowest BCUT2D eigenvalue weighted by Gasteiger charge is -2.23. The van der Waals surface area contributed by atoms with Crippen LogP contribution in [0.5, 0.6) is 0 Å². The molecule has 20 heavy (non-hydrogen) atoms. The Balaban J connectivity index is 1.70. The Morgan fingerprint density at radius 3 is 2.85 bits per heavy atom. The smallest absolute Gasteiger partial charge is 0.0628 e. The van der Waals surface area contributed by atoms with Gasteiger partial charge in [0, 0.05) is 17.5 Å². The molecule has 0 amide bonds. The van der Waals surface area contributed by atoms with Crippen molar-refractivity contribution in [2.24, 2.45) is 5.11 Å². The van der Waals surface area contributed by atoms with Gasteiger partial charge in [-0.05, 0) is 54.3 Å². The van der Waals surface area contributed by atoms with E-state index in [1.807, 2.05) is 0 Å². The van der Waals surface area contributed by atoms with E-state index in [2.05, 4.69) is 33.5 Å². The van der Waals surface area contributed by atoms with Crippen molar-refractivity contribution in [3.05, 3.63) is 45.3 Å². The fraction of sp³-hybridized carbons (Fsp3) is 0.625. The van der Waals surface area contributed by atoms with Gasteiger partial charge < -0.3 is 5.32 Å². The van der Waals surface area contributed by atoms with Crippen molar-refractivity contribution in [2.45, 2.75) is 63.6 Å². The number of benzene rings is 1. The molecule has 1 saturated carbocycles. The van der Waals surface area contributed by atoms with Crippen LogP contribution in [0.1, 0.15) is 61.3 Å². The highest BCUT2D eigenvalue weighted by atomic mass is 15.1. The van der Waals surface area contributed by atoms with Gasteiger partial charge in [0.15, 0.2) is 0 Å². The molecule has 2 aliphatic carbocycles. The van der Waals surface area contributed by atoms with Crippen molar-refractivity contribution in [1.82, 2.24) is 5.32 Å². The van der Waals surface area contributed by atoms with Crippen LogP contribution in [-0.4, -0.2) is 6.04 Å². The van der Waals surface area contributed by atoms with E-state index in [-0.39, 0.29) is 6.04 Å². The molecule has 2 aliphatic rings. The van der Waals surface area contributed by atoms with Crippen LogP contribution >= 0.6 is 0 Å². The van der Waals surface area contributed by atoms with E-state index in [1.54, 1.807) is 0 Å². The molecule has 4 heteroatoms. The second-order valence-electron chi connectivity index (χ2n) is 6.01. The Morgan fingerprint density at radius 1 is 1.20 bits per heavy atom. The standard InChI is InChI=1S/C16H22N4/c17-20-19-16-7-3-4-13-10-12(8-9-15(13)16)11-18-14-5-1-2-6-14/h8-10,14,16,18H,1-7,11H2/t16-/m1/s1. The third-order valence-corrected chi connectivity index (χ3v) is 4.63. The summed E-state index contributed by atoms with van der Waals surface area (Å²) in [4.78, 5) is 2.98. The molecular formula is C16H22N4. The molecule has 0 unspecified atom stereocenters. The molecule has 3 rings (SSSR count). The molecular weight excluding hydrogens is 248 g/mol. The average Bonchev–Trinajstić information content (AvgIpc) is 2.99. The number of azide groups is 1. The minimum Gasteiger partial charge on any atom is -0.310 e. The monoisotopic (exact) mass is 270 g/mol. The van der Waals surface area contributed by atoms with Crippen LogP contribution in [0.4, 0.5) is 0 Å². The normalized spacial score (nSPS) is 22.3. The van der Waals surface area contributed by atoms with Crippen LogP contribution < -0.4 is 5.32 Å². The lowest BCUT2D eigenvalue weighted by atomic mass is 9.87. The quantitative estimate of drug-likeness (QED) is 0.492. The number of fused-ring (bicyclic) bond motifs is 1. The Bertz CT molecular complexity index is 513. The molecule has 0 saturated heterocycles. The zero-order chi connectivity index (χ0) is 13.8. The Morgan fingerprint density at radius 2 is 2.05 bits per heavy atom. The summed E-state index contributed by atoms with van der Waals surface area (Å²) in [6.45, 7) is 0.962. The molecule has 0 radical (unpaired) electrons. The van der Waals surface area contributed by atoms with Crippen molar-refractivity contribution >= 4 is 0 Å². The third-order valence-electron chi connectivity index (χ3n) is 4.63. The maximum atomic E-state index is 8.65. The summed E-state index contributed by atoms with van der Waals surface area (Å²) in [5.41, 5.74) is 12.6. The zero-order valence-corrected chi connectivity index (χ0v) is 11.9. The van der Waals surface area contributed by atoms with Crippen LogP contribution in [0.25, 0.3) is 10.4 Å². The molecule has 0 bridgehead atoms. The summed E-state index contributed by atoms with van der Waals surface area (Å²) in [5, 5.41) is 7.59. The average molecular weight is 270 g/mol. The van der Waals surface area contributed by atoms with Gasteiger partial charge in [0.2, 0.25) is 0 Å². The topological polar surface area (TPSA) is 60.8 Å². The third kappa shape index (κ3) is 2.97. The fourth-order valence-corrected chi connectivity index (χ4v) is 3.53. The fourth-order valence-electron chi connectivity index (χ4n) is 3.53. The van der Waals surface area contributed by atoms with Gasteiger partial charge in [-0.2, -0.15) is 0 Å². The molecule has 0 aromatic heterocycles. The molecule has 1 aromatic rings. The lowest BCUT2D eigenvalue weighted by molar-refractivity contribution is 0.522. The summed E-state index contributed by atoms with van der Waals surface area (Å²) in [6.07, 6.45) is 8.61. The van der Waals surface area contributed by atoms with Gasteiger partial charge >= 0.3 is 0 Å². The van der Waals surface area contributed by atoms with Crippen LogP contribution in [0, 0.1) is 0 Å². The highest BCUT2D eigenvalue weighted by Gasteiger charge is 2.19. The molecule has 1 aromatic carbocycles. The predicted octanol–water partition coefficient (Wildman–Crippen LogP) is 4.41. The second kappa shape index (κ2) is 6.29. The molecule has 0 aliphatic heterocycles. The van der Waals surface area contributed by atoms with Gasteiger partial charge in [0.25, 0.3) is 0 Å². The summed E-state index contributed by atoms with van der Waals surface area (Å²) in [7, 11) is 0. The van der Waals surface area contributed by atoms with E-state index in [1.165, 1.54) is 42.4 Å². The first kappa shape index (κ1) is 13.5. The van der Waals surface area contributed by atoms with Crippen molar-refractivity contribution in [3.8, 4) is 0 Å². The Labute approximate surface area is 120 Å². The predicted molar refractivity (Wildman–Crippen MR) is 80.4 cm³/mol. The molecule has 106 valence electrons. The second-order valence-corrected chi connectivity index (χ2v) is 6.01. The molecule has 0 spiro atoms. The summed E-state index contributed by atoms with van der Waals surface area (Å²) >= 11 is 0. The van der Waals surface area contributed by atoms with Gasteiger partial charge in [0.1, 0.15) is 0 Å². The summed E-state index contributed by atoms with van der Waals surface area (Å²) < 4.78 is 0. The van der Waals surface area contributed by atoms with Gasteiger partial charge in [-0.1, -0.05) is 36.2 Å². The molecule has 1 atom stereocenters. The first-order valence-electron chi connectivity index (χ1n) is 7.76. The van der Waals surface area contributed by atoms with E-state index in [9.17, 15) is 0 Å². The minimum atomic E-state index is 0.0422. The van der Waals surface area contributed by atoms with Crippen molar-refractivity contribution in [3.63, 3.8) is 0 Å². The first-order valence-corrected chi connectivity index (χ1v) is 7.76. The molecule has 0 heterocycles. The minimum absolute atomic E-state index is 0.0422. The van der Waals surface area contributed by atoms with Crippen molar-refractivity contribution < 1.29 is 0 Å². The van der Waals surface area contributed by atoms with Gasteiger partial charge in [-0.15, -0.1) is 0 Å².